The quantitative estimate of drug-likeness (QED) is 0.553. The van der Waals surface area contributed by atoms with E-state index in [1.165, 1.54) is 0 Å². The van der Waals surface area contributed by atoms with Gasteiger partial charge >= 0.3 is 0 Å². The number of nitrogens with zero attached hydrogens (tertiary/aromatic N) is 1. The molecule has 4 heteroatoms. The number of nitrogen functional groups attached to an aromatic ring is 1. The molecule has 4 radical (unpaired) electrons. The molecule has 0 unspecified atom stereocenters. The number of hydrogen-bond donors (Lipinski definition) is 1. The number of benzene rings is 2. The van der Waals surface area contributed by atoms with Crippen molar-refractivity contribution in [2.45, 2.75) is 0 Å². The maximum Gasteiger partial charge on any atom is 0.0709 e. The Labute approximate surface area is 139 Å². The Bertz CT molecular complexity index is 668. The van der Waals surface area contributed by atoms with E-state index in [1.807, 2.05) is 48.5 Å². The summed E-state index contributed by atoms with van der Waals surface area (Å²) in [5.74, 6) is 0. The Kier molecular flexibility index (Phi) is 5.71. The summed E-state index contributed by atoms with van der Waals surface area (Å²) < 4.78 is 0. The summed E-state index contributed by atoms with van der Waals surface area (Å²) in [6.45, 7) is 0. The van der Waals surface area contributed by atoms with Crippen molar-refractivity contribution < 1.29 is 32.7 Å². The van der Waals surface area contributed by atoms with Gasteiger partial charge in [0.05, 0.1) is 11.2 Å². The van der Waals surface area contributed by atoms with Gasteiger partial charge in [0, 0.05) is 57.8 Å². The molecule has 3 aromatic rings. The molecule has 1 heterocycles. The van der Waals surface area contributed by atoms with E-state index in [1.54, 1.807) is 0 Å². The molecule has 2 nitrogen and oxygen atoms in total. The van der Waals surface area contributed by atoms with E-state index in [2.05, 4.69) is 17.1 Å². The van der Waals surface area contributed by atoms with Crippen LogP contribution in [-0.4, -0.2) is 13.4 Å². The Morgan fingerprint density at radius 1 is 0.789 bits per heavy atom. The number of nitrogens with two attached hydrogens (primary N) is 1. The minimum absolute atomic E-state index is 0. The second kappa shape index (κ2) is 6.83. The number of aromatic nitrogens is 1. The van der Waals surface area contributed by atoms with Gasteiger partial charge in [0.15, 0.2) is 0 Å². The largest absolute Gasteiger partial charge is 0.399 e. The Hall–Kier alpha value is -1.18. The summed E-state index contributed by atoms with van der Waals surface area (Å²) in [6.07, 6.45) is 0. The average molecular weight is 320 g/mol. The molecule has 0 aliphatic heterocycles. The Morgan fingerprint density at radius 3 is 2.21 bits per heavy atom. The van der Waals surface area contributed by atoms with Crippen LogP contribution >= 0.6 is 0 Å². The molecule has 0 aliphatic rings. The van der Waals surface area contributed by atoms with E-state index in [-0.39, 0.29) is 41.1 Å². The van der Waals surface area contributed by atoms with Crippen molar-refractivity contribution in [2.75, 3.05) is 5.73 Å². The van der Waals surface area contributed by atoms with Crippen LogP contribution < -0.4 is 5.73 Å². The molecular formula is C15H12BN2Y. The topological polar surface area (TPSA) is 38.9 Å². The first-order valence-electron chi connectivity index (χ1n) is 5.55. The van der Waals surface area contributed by atoms with Gasteiger partial charge in [-0.05, 0) is 24.3 Å². The fourth-order valence-electron chi connectivity index (χ4n) is 1.88. The summed E-state index contributed by atoms with van der Waals surface area (Å²) in [6, 6.07) is 20.0. The van der Waals surface area contributed by atoms with Crippen LogP contribution in [-0.2, 0) is 32.7 Å². The van der Waals surface area contributed by atoms with Gasteiger partial charge in [-0.1, -0.05) is 36.4 Å². The van der Waals surface area contributed by atoms with E-state index >= 15 is 0 Å². The third-order valence-corrected chi connectivity index (χ3v) is 2.80. The second-order valence-corrected chi connectivity index (χ2v) is 4.01. The summed E-state index contributed by atoms with van der Waals surface area (Å²) in [7, 11) is 0. The van der Waals surface area contributed by atoms with Crippen molar-refractivity contribution in [2.24, 2.45) is 0 Å². The molecular weight excluding hydrogens is 308 g/mol. The molecule has 0 saturated carbocycles. The summed E-state index contributed by atoms with van der Waals surface area (Å²) in [5.41, 5.74) is 9.53. The normalized spacial score (nSPS) is 9.47. The maximum absolute atomic E-state index is 5.67. The van der Waals surface area contributed by atoms with Gasteiger partial charge in [0.2, 0.25) is 0 Å². The average Bonchev–Trinajstić information content (AvgIpc) is 2.39. The molecule has 0 aliphatic carbocycles. The van der Waals surface area contributed by atoms with Gasteiger partial charge in [0.1, 0.15) is 0 Å². The molecule has 0 saturated heterocycles. The summed E-state index contributed by atoms with van der Waals surface area (Å²) >= 11 is 0. The fraction of sp³-hybridized carbons (Fsp3) is 0. The molecule has 3 rings (SSSR count). The third-order valence-electron chi connectivity index (χ3n) is 2.80. The molecule has 0 amide bonds. The number of pyridine rings is 1. The first-order chi connectivity index (χ1) is 8.33. The van der Waals surface area contributed by atoms with Crippen molar-refractivity contribution in [3.8, 4) is 11.3 Å². The Balaban J connectivity index is 0.000000902. The first kappa shape index (κ1) is 15.9. The van der Waals surface area contributed by atoms with Gasteiger partial charge in [-0.15, -0.1) is 0 Å². The van der Waals surface area contributed by atoms with Crippen LogP contribution in [0.15, 0.2) is 60.7 Å². The van der Waals surface area contributed by atoms with Crippen molar-refractivity contribution >= 4 is 25.0 Å². The smallest absolute Gasteiger partial charge is 0.0709 e. The predicted octanol–water partition coefficient (Wildman–Crippen LogP) is 3.10. The molecule has 19 heavy (non-hydrogen) atoms. The van der Waals surface area contributed by atoms with Gasteiger partial charge in [-0.2, -0.15) is 0 Å². The molecule has 0 bridgehead atoms. The minimum Gasteiger partial charge on any atom is -0.399 e. The van der Waals surface area contributed by atoms with Crippen LogP contribution in [0.5, 0.6) is 0 Å². The number of hydrogen-bond acceptors (Lipinski definition) is 2. The minimum atomic E-state index is 0. The van der Waals surface area contributed by atoms with Crippen LogP contribution in [0.25, 0.3) is 22.2 Å². The zero-order chi connectivity index (χ0) is 11.7. The van der Waals surface area contributed by atoms with Gasteiger partial charge < -0.3 is 5.73 Å². The molecule has 88 valence electrons. The summed E-state index contributed by atoms with van der Waals surface area (Å²) in [4.78, 5) is 4.63. The zero-order valence-electron chi connectivity index (χ0n) is 10.5. The molecule has 2 N–H and O–H groups in total. The number of para-hydroxylation sites is 1. The zero-order valence-corrected chi connectivity index (χ0v) is 13.3. The second-order valence-electron chi connectivity index (χ2n) is 4.01. The monoisotopic (exact) mass is 320 g/mol. The van der Waals surface area contributed by atoms with Crippen molar-refractivity contribution in [3.05, 3.63) is 60.7 Å². The fourth-order valence-corrected chi connectivity index (χ4v) is 1.88. The van der Waals surface area contributed by atoms with E-state index in [9.17, 15) is 0 Å². The van der Waals surface area contributed by atoms with E-state index < -0.39 is 0 Å². The summed E-state index contributed by atoms with van der Waals surface area (Å²) in [5, 5.41) is 1.16. The maximum atomic E-state index is 5.67. The van der Waals surface area contributed by atoms with Crippen LogP contribution in [0.2, 0.25) is 0 Å². The van der Waals surface area contributed by atoms with E-state index in [0.29, 0.717) is 0 Å². The standard InChI is InChI=1S/C15H12N2.B.Y/c16-13-8-5-12(6-9-13)15-10-7-11-3-1-2-4-14(11)17-15;;/h1-10H,16H2;;. The molecule has 0 fully saturated rings. The number of rotatable bonds is 1. The van der Waals surface area contributed by atoms with Gasteiger partial charge in [-0.25, -0.2) is 4.98 Å². The van der Waals surface area contributed by atoms with Crippen LogP contribution in [0.3, 0.4) is 0 Å². The van der Waals surface area contributed by atoms with Crippen LogP contribution in [0.1, 0.15) is 0 Å². The SMILES string of the molecule is Nc1ccc(-c2ccc3ccccc3n2)cc1.[B].[Y]. The van der Waals surface area contributed by atoms with Crippen molar-refractivity contribution in [1.82, 2.24) is 4.98 Å². The van der Waals surface area contributed by atoms with Crippen molar-refractivity contribution in [3.63, 3.8) is 0 Å². The number of anilines is 1. The molecule has 2 aromatic carbocycles. The Morgan fingerprint density at radius 2 is 1.47 bits per heavy atom. The predicted molar refractivity (Wildman–Crippen MR) is 77.3 cm³/mol. The van der Waals surface area contributed by atoms with Gasteiger partial charge in [0.25, 0.3) is 0 Å². The van der Waals surface area contributed by atoms with Crippen LogP contribution in [0, 0.1) is 0 Å². The molecule has 1 aromatic heterocycles. The van der Waals surface area contributed by atoms with E-state index in [0.717, 1.165) is 27.8 Å². The van der Waals surface area contributed by atoms with Crippen LogP contribution in [0.4, 0.5) is 5.69 Å². The number of fused-ring (bicyclic) bond motifs is 1. The van der Waals surface area contributed by atoms with E-state index in [4.69, 9.17) is 5.73 Å². The molecule has 0 atom stereocenters. The van der Waals surface area contributed by atoms with Crippen molar-refractivity contribution in [1.29, 1.82) is 0 Å². The first-order valence-corrected chi connectivity index (χ1v) is 5.55. The third kappa shape index (κ3) is 3.43. The molecule has 0 spiro atoms. The van der Waals surface area contributed by atoms with Gasteiger partial charge in [-0.3, -0.25) is 0 Å².